The molecule has 1 amide bonds. The van der Waals surface area contributed by atoms with Gasteiger partial charge < -0.3 is 19.7 Å². The summed E-state index contributed by atoms with van der Waals surface area (Å²) in [7, 11) is 0. The first-order chi connectivity index (χ1) is 11.6. The number of carbonyl (C=O) groups is 1. The molecule has 0 radical (unpaired) electrons. The number of aromatic nitrogens is 2. The van der Waals surface area contributed by atoms with Crippen LogP contribution in [0, 0.1) is 12.8 Å². The molecule has 24 heavy (non-hydrogen) atoms. The van der Waals surface area contributed by atoms with E-state index in [4.69, 9.17) is 9.26 Å². The summed E-state index contributed by atoms with van der Waals surface area (Å²) in [5.74, 6) is 1.97. The number of aliphatic hydroxyl groups excluding tert-OH is 1. The maximum Gasteiger partial charge on any atom is 0.250 e. The molecule has 1 fully saturated rings. The summed E-state index contributed by atoms with van der Waals surface area (Å²) < 4.78 is 10.8. The molecule has 3 rings (SSSR count). The zero-order valence-corrected chi connectivity index (χ0v) is 14.2. The average molecular weight is 335 g/mol. The minimum Gasteiger partial charge on any atom is -0.497 e. The van der Waals surface area contributed by atoms with Crippen molar-refractivity contribution in [2.24, 2.45) is 5.92 Å². The van der Waals surface area contributed by atoms with E-state index in [1.807, 2.05) is 6.92 Å². The Morgan fingerprint density at radius 3 is 2.96 bits per heavy atom. The van der Waals surface area contributed by atoms with Crippen molar-refractivity contribution in [1.29, 1.82) is 0 Å². The monoisotopic (exact) mass is 335 g/mol. The molecule has 0 saturated heterocycles. The average Bonchev–Trinajstić information content (AvgIpc) is 3.18. The molecule has 132 valence electrons. The largest absolute Gasteiger partial charge is 0.497 e. The highest BCUT2D eigenvalue weighted by molar-refractivity contribution is 5.94. The Morgan fingerprint density at radius 1 is 1.42 bits per heavy atom. The number of allylic oxidation sites excluding steroid dienone is 1. The van der Waals surface area contributed by atoms with E-state index in [2.05, 4.69) is 15.5 Å². The normalized spacial score (nSPS) is 27.2. The maximum absolute atomic E-state index is 12.4. The van der Waals surface area contributed by atoms with Crippen LogP contribution in [0.25, 0.3) is 0 Å². The van der Waals surface area contributed by atoms with Crippen LogP contribution in [0.15, 0.2) is 15.9 Å². The Bertz CT molecular complexity index is 625. The predicted molar refractivity (Wildman–Crippen MR) is 86.0 cm³/mol. The van der Waals surface area contributed by atoms with E-state index in [0.717, 1.165) is 37.0 Å². The second-order valence-corrected chi connectivity index (χ2v) is 6.59. The van der Waals surface area contributed by atoms with Crippen LogP contribution in [0.4, 0.5) is 0 Å². The molecule has 2 aliphatic rings. The number of hydrogen-bond donors (Lipinski definition) is 2. The van der Waals surface area contributed by atoms with Crippen LogP contribution in [-0.4, -0.2) is 40.4 Å². The van der Waals surface area contributed by atoms with Crippen LogP contribution in [0.5, 0.6) is 0 Å². The molecular formula is C17H25N3O4. The standard InChI is InChI=1S/C17H25N3O4/c1-3-15-13(5-4-6-23-15)16(22)18-9-12-7-11(8-14(12)21)17-19-10(2)20-24-17/h11-12,14,21H,3-9H2,1-2H3,(H,18,22)/t11-,12+,14+/m0/s1. The SMILES string of the molecule is CCC1=C(C(=O)NC[C@H]2C[C@H](c3nc(C)no3)C[C@H]2O)CCCO1. The zero-order valence-electron chi connectivity index (χ0n) is 14.2. The number of carbonyl (C=O) groups excluding carboxylic acids is 1. The van der Waals surface area contributed by atoms with E-state index < -0.39 is 6.10 Å². The number of aryl methyl sites for hydroxylation is 1. The summed E-state index contributed by atoms with van der Waals surface area (Å²) in [6.45, 7) is 4.91. The minimum absolute atomic E-state index is 0.00124. The molecule has 7 heteroatoms. The van der Waals surface area contributed by atoms with Gasteiger partial charge >= 0.3 is 0 Å². The van der Waals surface area contributed by atoms with E-state index in [9.17, 15) is 9.90 Å². The van der Waals surface area contributed by atoms with E-state index >= 15 is 0 Å². The van der Waals surface area contributed by atoms with Gasteiger partial charge in [0.05, 0.1) is 18.3 Å². The first-order valence-corrected chi connectivity index (χ1v) is 8.69. The molecule has 0 bridgehead atoms. The topological polar surface area (TPSA) is 97.5 Å². The highest BCUT2D eigenvalue weighted by Crippen LogP contribution is 2.37. The molecule has 0 spiro atoms. The third-order valence-electron chi connectivity index (χ3n) is 4.85. The van der Waals surface area contributed by atoms with Crippen molar-refractivity contribution in [1.82, 2.24) is 15.5 Å². The molecule has 0 aromatic carbocycles. The number of nitrogens with zero attached hydrogens (tertiary/aromatic N) is 2. The van der Waals surface area contributed by atoms with Gasteiger partial charge in [-0.2, -0.15) is 4.98 Å². The van der Waals surface area contributed by atoms with Gasteiger partial charge in [-0.25, -0.2) is 0 Å². The van der Waals surface area contributed by atoms with E-state index in [1.54, 1.807) is 6.92 Å². The summed E-state index contributed by atoms with van der Waals surface area (Å²) in [6.07, 6.45) is 3.22. The fourth-order valence-electron chi connectivity index (χ4n) is 3.56. The Morgan fingerprint density at radius 2 is 2.25 bits per heavy atom. The maximum atomic E-state index is 12.4. The van der Waals surface area contributed by atoms with Gasteiger partial charge in [-0.05, 0) is 32.6 Å². The van der Waals surface area contributed by atoms with Crippen molar-refractivity contribution in [2.45, 2.75) is 58.0 Å². The van der Waals surface area contributed by atoms with E-state index in [1.165, 1.54) is 0 Å². The molecule has 1 saturated carbocycles. The molecule has 7 nitrogen and oxygen atoms in total. The number of hydrogen-bond acceptors (Lipinski definition) is 6. The summed E-state index contributed by atoms with van der Waals surface area (Å²) >= 11 is 0. The zero-order chi connectivity index (χ0) is 17.1. The lowest BCUT2D eigenvalue weighted by molar-refractivity contribution is -0.118. The second kappa shape index (κ2) is 7.34. The highest BCUT2D eigenvalue weighted by atomic mass is 16.5. The van der Waals surface area contributed by atoms with Gasteiger partial charge in [0.1, 0.15) is 5.76 Å². The molecular weight excluding hydrogens is 310 g/mol. The van der Waals surface area contributed by atoms with Crippen molar-refractivity contribution in [2.75, 3.05) is 13.2 Å². The van der Waals surface area contributed by atoms with E-state index in [-0.39, 0.29) is 17.7 Å². The van der Waals surface area contributed by atoms with Gasteiger partial charge in [0.25, 0.3) is 5.91 Å². The van der Waals surface area contributed by atoms with Crippen LogP contribution < -0.4 is 5.32 Å². The summed E-state index contributed by atoms with van der Waals surface area (Å²) in [4.78, 5) is 16.7. The number of rotatable bonds is 5. The molecule has 2 heterocycles. The van der Waals surface area contributed by atoms with Crippen molar-refractivity contribution >= 4 is 5.91 Å². The van der Waals surface area contributed by atoms with Gasteiger partial charge in [-0.15, -0.1) is 0 Å². The van der Waals surface area contributed by atoms with Gasteiger partial charge in [0.15, 0.2) is 5.82 Å². The van der Waals surface area contributed by atoms with Crippen LogP contribution in [-0.2, 0) is 9.53 Å². The lowest BCUT2D eigenvalue weighted by Gasteiger charge is -2.21. The molecule has 3 atom stereocenters. The Balaban J connectivity index is 1.56. The first-order valence-electron chi connectivity index (χ1n) is 8.69. The van der Waals surface area contributed by atoms with Crippen molar-refractivity contribution in [3.05, 3.63) is 23.0 Å². The van der Waals surface area contributed by atoms with Crippen molar-refractivity contribution in [3.8, 4) is 0 Å². The van der Waals surface area contributed by atoms with Crippen LogP contribution >= 0.6 is 0 Å². The van der Waals surface area contributed by atoms with Crippen molar-refractivity contribution in [3.63, 3.8) is 0 Å². The molecule has 0 unspecified atom stereocenters. The summed E-state index contributed by atoms with van der Waals surface area (Å²) in [5.41, 5.74) is 0.750. The highest BCUT2D eigenvalue weighted by Gasteiger charge is 2.37. The quantitative estimate of drug-likeness (QED) is 0.852. The van der Waals surface area contributed by atoms with Crippen LogP contribution in [0.2, 0.25) is 0 Å². The van der Waals surface area contributed by atoms with Gasteiger partial charge in [-0.1, -0.05) is 12.1 Å². The summed E-state index contributed by atoms with van der Waals surface area (Å²) in [5, 5.41) is 17.0. The van der Waals surface area contributed by atoms with Crippen molar-refractivity contribution < 1.29 is 19.2 Å². The third kappa shape index (κ3) is 3.61. The third-order valence-corrected chi connectivity index (χ3v) is 4.85. The number of ether oxygens (including phenoxy) is 1. The molecule has 2 N–H and O–H groups in total. The number of aliphatic hydroxyl groups is 1. The Labute approximate surface area is 141 Å². The predicted octanol–water partition coefficient (Wildman–Crippen LogP) is 1.82. The Hall–Kier alpha value is -1.89. The van der Waals surface area contributed by atoms with Crippen LogP contribution in [0.1, 0.15) is 56.7 Å². The van der Waals surface area contributed by atoms with Gasteiger partial charge in [0.2, 0.25) is 5.89 Å². The lowest BCUT2D eigenvalue weighted by atomic mass is 10.0. The molecule has 1 aromatic rings. The molecule has 1 aliphatic carbocycles. The first kappa shape index (κ1) is 17.0. The second-order valence-electron chi connectivity index (χ2n) is 6.59. The Kier molecular flexibility index (Phi) is 5.18. The fraction of sp³-hybridized carbons (Fsp3) is 0.706. The molecule has 1 aliphatic heterocycles. The minimum atomic E-state index is -0.468. The number of nitrogens with one attached hydrogen (secondary N) is 1. The summed E-state index contributed by atoms with van der Waals surface area (Å²) in [6, 6.07) is 0. The van der Waals surface area contributed by atoms with Crippen LogP contribution in [0.3, 0.4) is 0 Å². The van der Waals surface area contributed by atoms with E-state index in [0.29, 0.717) is 31.3 Å². The smallest absolute Gasteiger partial charge is 0.250 e. The molecule has 1 aromatic heterocycles. The number of amides is 1. The van der Waals surface area contributed by atoms with Gasteiger partial charge in [0, 0.05) is 24.8 Å². The van der Waals surface area contributed by atoms with Gasteiger partial charge in [-0.3, -0.25) is 4.79 Å². The fourth-order valence-corrected chi connectivity index (χ4v) is 3.56. The lowest BCUT2D eigenvalue weighted by Crippen LogP contribution is -2.34.